The van der Waals surface area contributed by atoms with E-state index in [1.807, 2.05) is 12.2 Å². The van der Waals surface area contributed by atoms with Crippen molar-refractivity contribution in [1.82, 2.24) is 0 Å². The van der Waals surface area contributed by atoms with Crippen molar-refractivity contribution in [3.05, 3.63) is 60.8 Å². The van der Waals surface area contributed by atoms with Crippen LogP contribution in [0.5, 0.6) is 0 Å². The van der Waals surface area contributed by atoms with Crippen LogP contribution in [-0.4, -0.2) is 81.6 Å². The highest BCUT2D eigenvalue weighted by Gasteiger charge is 2.28. The third-order valence-corrected chi connectivity index (χ3v) is 9.91. The van der Waals surface area contributed by atoms with Gasteiger partial charge in [-0.15, -0.1) is 0 Å². The van der Waals surface area contributed by atoms with E-state index in [4.69, 9.17) is 23.8 Å². The van der Waals surface area contributed by atoms with Gasteiger partial charge in [0.25, 0.3) is 0 Å². The molecule has 0 saturated heterocycles. The topological polar surface area (TPSA) is 216 Å². The minimum atomic E-state index is -4.89. The molecular weight excluding hydrogens is 790 g/mol. The van der Waals surface area contributed by atoms with Crippen LogP contribution in [0, 0.1) is 0 Å². The van der Waals surface area contributed by atoms with Crippen molar-refractivity contribution >= 4 is 27.6 Å². The summed E-state index contributed by atoms with van der Waals surface area (Å²) in [5.41, 5.74) is 0. The van der Waals surface area contributed by atoms with Crippen molar-refractivity contribution in [2.24, 2.45) is 0 Å². The molecule has 0 amide bonds. The first kappa shape index (κ1) is 55.8. The van der Waals surface area contributed by atoms with Crippen molar-refractivity contribution in [2.75, 3.05) is 26.4 Å². The molecule has 0 aliphatic heterocycles. The molecular formula is C42H74O14P2. The molecule has 336 valence electrons. The van der Waals surface area contributed by atoms with Gasteiger partial charge in [0.15, 0.2) is 6.10 Å². The van der Waals surface area contributed by atoms with Gasteiger partial charge in [0.1, 0.15) is 12.7 Å². The van der Waals surface area contributed by atoms with Crippen molar-refractivity contribution in [3.8, 4) is 0 Å². The number of aliphatic hydroxyl groups excluding tert-OH is 2. The number of esters is 2. The Morgan fingerprint density at radius 1 is 0.569 bits per heavy atom. The molecule has 16 heteroatoms. The first-order chi connectivity index (χ1) is 27.8. The smallest absolute Gasteiger partial charge is 0.462 e. The fourth-order valence-corrected chi connectivity index (χ4v) is 6.36. The van der Waals surface area contributed by atoms with Crippen molar-refractivity contribution < 1.29 is 66.7 Å². The van der Waals surface area contributed by atoms with E-state index < -0.39 is 72.3 Å². The van der Waals surface area contributed by atoms with Gasteiger partial charge in [-0.2, -0.15) is 0 Å². The number of aliphatic hydroxyl groups is 2. The second-order valence-electron chi connectivity index (χ2n) is 14.1. The van der Waals surface area contributed by atoms with Crippen molar-refractivity contribution in [3.63, 3.8) is 0 Å². The lowest BCUT2D eigenvalue weighted by Crippen LogP contribution is -2.30. The highest BCUT2D eigenvalue weighted by molar-refractivity contribution is 7.47. The summed E-state index contributed by atoms with van der Waals surface area (Å²) in [5.74, 6) is -1.25. The Morgan fingerprint density at radius 3 is 1.76 bits per heavy atom. The highest BCUT2D eigenvalue weighted by atomic mass is 31.2. The second kappa shape index (κ2) is 37.8. The molecule has 4 atom stereocenters. The van der Waals surface area contributed by atoms with Crippen LogP contribution in [-0.2, 0) is 41.8 Å². The van der Waals surface area contributed by atoms with E-state index in [-0.39, 0.29) is 25.7 Å². The van der Waals surface area contributed by atoms with Gasteiger partial charge in [0.05, 0.1) is 25.9 Å². The molecule has 0 saturated carbocycles. The second-order valence-corrected chi connectivity index (χ2v) is 16.8. The predicted molar refractivity (Wildman–Crippen MR) is 227 cm³/mol. The molecule has 0 rings (SSSR count). The average Bonchev–Trinajstić information content (AvgIpc) is 3.17. The number of carbonyl (C=O) groups is 2. The molecule has 0 fully saturated rings. The highest BCUT2D eigenvalue weighted by Crippen LogP contribution is 2.43. The standard InChI is InChI=1S/C42H74O14P2/c1-3-5-7-9-11-13-15-17-19-21-23-25-27-30-38(43)31-29-33-42(46)56-40(37-55-58(50,51)54-35-39(44)34-53-57(47,48)49)36-52-41(45)32-28-26-24-22-20-18-16-14-12-10-8-6-4-2/h11,13-14,16-17,19,23,25,27,30,38-40,43-44H,3-10,12,15,18,20-22,24,26,28-29,31-37H2,1-2H3,(H,50,51)(H2,47,48,49)/b13-11-,16-14-,19-17-,25-23-,30-27+/t38-,39-,40+/m0/s1. The lowest BCUT2D eigenvalue weighted by molar-refractivity contribution is -0.161. The number of ether oxygens (including phenoxy) is 2. The number of allylic oxidation sites excluding steroid dienone is 9. The molecule has 0 aromatic rings. The third kappa shape index (κ3) is 40.6. The van der Waals surface area contributed by atoms with Gasteiger partial charge in [0.2, 0.25) is 0 Å². The zero-order chi connectivity index (χ0) is 43.2. The molecule has 0 bridgehead atoms. The Hall–Kier alpha value is -2.22. The van der Waals surface area contributed by atoms with Crippen LogP contribution in [0.25, 0.3) is 0 Å². The number of unbranched alkanes of at least 4 members (excludes halogenated alkanes) is 12. The zero-order valence-electron chi connectivity index (χ0n) is 35.0. The number of rotatable bonds is 39. The third-order valence-electron chi connectivity index (χ3n) is 8.47. The fourth-order valence-electron chi connectivity index (χ4n) is 5.21. The molecule has 0 aliphatic carbocycles. The van der Waals surface area contributed by atoms with Crippen LogP contribution >= 0.6 is 15.6 Å². The maximum Gasteiger partial charge on any atom is 0.472 e. The molecule has 14 nitrogen and oxygen atoms in total. The Bertz CT molecular complexity index is 1280. The Labute approximate surface area is 347 Å². The Morgan fingerprint density at radius 2 is 1.09 bits per heavy atom. The molecule has 0 aromatic heterocycles. The molecule has 58 heavy (non-hydrogen) atoms. The van der Waals surface area contributed by atoms with Gasteiger partial charge in [-0.25, -0.2) is 9.13 Å². The lowest BCUT2D eigenvalue weighted by atomic mass is 10.1. The summed E-state index contributed by atoms with van der Waals surface area (Å²) >= 11 is 0. The van der Waals surface area contributed by atoms with E-state index in [0.717, 1.165) is 57.8 Å². The Kier molecular flexibility index (Phi) is 36.3. The molecule has 5 N–H and O–H groups in total. The summed E-state index contributed by atoms with van der Waals surface area (Å²) < 4.78 is 47.5. The van der Waals surface area contributed by atoms with Gasteiger partial charge in [-0.3, -0.25) is 23.2 Å². The molecule has 0 heterocycles. The first-order valence-corrected chi connectivity index (χ1v) is 24.1. The summed E-state index contributed by atoms with van der Waals surface area (Å²) in [4.78, 5) is 52.6. The van der Waals surface area contributed by atoms with E-state index in [1.165, 1.54) is 44.9 Å². The first-order valence-electron chi connectivity index (χ1n) is 21.1. The number of hydrogen-bond donors (Lipinski definition) is 5. The fraction of sp³-hybridized carbons (Fsp3) is 0.714. The molecule has 0 aromatic carbocycles. The normalized spacial score (nSPS) is 15.2. The predicted octanol–water partition coefficient (Wildman–Crippen LogP) is 9.42. The van der Waals surface area contributed by atoms with Crippen molar-refractivity contribution in [2.45, 2.75) is 167 Å². The quantitative estimate of drug-likeness (QED) is 0.0128. The molecule has 0 aliphatic rings. The summed E-state index contributed by atoms with van der Waals surface area (Å²) in [6.45, 7) is 1.47. The summed E-state index contributed by atoms with van der Waals surface area (Å²) in [7, 11) is -9.75. The van der Waals surface area contributed by atoms with Gasteiger partial charge in [-0.05, 0) is 70.6 Å². The maximum atomic E-state index is 12.6. The van der Waals surface area contributed by atoms with Gasteiger partial charge in [0, 0.05) is 12.8 Å². The number of phosphoric acid groups is 2. The molecule has 0 radical (unpaired) electrons. The van der Waals surface area contributed by atoms with Gasteiger partial charge >= 0.3 is 27.6 Å². The summed E-state index contributed by atoms with van der Waals surface area (Å²) in [5, 5.41) is 20.0. The SMILES string of the molecule is CCCCC/C=C\C/C=C\C/C=C\C=C\[C@H](O)CCCC(=O)O[C@H](COC(=O)CCCCCCC/C=C\CCCCCC)COP(=O)(O)OC[C@@H](O)COP(=O)(O)O. The maximum absolute atomic E-state index is 12.6. The van der Waals surface area contributed by atoms with E-state index in [1.54, 1.807) is 12.2 Å². The van der Waals surface area contributed by atoms with E-state index in [9.17, 15) is 33.8 Å². The monoisotopic (exact) mass is 864 g/mol. The van der Waals surface area contributed by atoms with Crippen LogP contribution in [0.15, 0.2) is 60.8 Å². The van der Waals surface area contributed by atoms with E-state index >= 15 is 0 Å². The number of hydrogen-bond acceptors (Lipinski definition) is 11. The molecule has 0 spiro atoms. The van der Waals surface area contributed by atoms with E-state index in [2.05, 4.69) is 59.4 Å². The van der Waals surface area contributed by atoms with E-state index in [0.29, 0.717) is 6.42 Å². The van der Waals surface area contributed by atoms with Crippen LogP contribution < -0.4 is 0 Å². The minimum absolute atomic E-state index is 0.100. The van der Waals surface area contributed by atoms with Crippen LogP contribution in [0.3, 0.4) is 0 Å². The Balaban J connectivity index is 4.77. The van der Waals surface area contributed by atoms with Crippen LogP contribution in [0.1, 0.15) is 149 Å². The number of carbonyl (C=O) groups excluding carboxylic acids is 2. The van der Waals surface area contributed by atoms with Crippen LogP contribution in [0.2, 0.25) is 0 Å². The van der Waals surface area contributed by atoms with Gasteiger partial charge in [-0.1, -0.05) is 126 Å². The summed E-state index contributed by atoms with van der Waals surface area (Å²) in [6, 6.07) is 0. The van der Waals surface area contributed by atoms with Crippen LogP contribution in [0.4, 0.5) is 0 Å². The van der Waals surface area contributed by atoms with Crippen molar-refractivity contribution in [1.29, 1.82) is 0 Å². The molecule has 1 unspecified atom stereocenters. The largest absolute Gasteiger partial charge is 0.472 e. The van der Waals surface area contributed by atoms with Gasteiger partial charge < -0.3 is 34.4 Å². The number of phosphoric ester groups is 2. The minimum Gasteiger partial charge on any atom is -0.462 e. The summed E-state index contributed by atoms with van der Waals surface area (Å²) in [6.07, 6.45) is 35.3. The zero-order valence-corrected chi connectivity index (χ0v) is 36.8. The lowest BCUT2D eigenvalue weighted by Gasteiger charge is -2.20. The average molecular weight is 865 g/mol.